The van der Waals surface area contributed by atoms with Crippen LogP contribution in [0, 0.1) is 6.92 Å². The SMILES string of the molecule is Cc1ccc2c(c1)C(C)(C)c1ccccc1C2(C)C. The Morgan fingerprint density at radius 1 is 0.632 bits per heavy atom. The summed E-state index contributed by atoms with van der Waals surface area (Å²) in [5.41, 5.74) is 7.43. The Morgan fingerprint density at radius 2 is 1.11 bits per heavy atom. The van der Waals surface area contributed by atoms with Gasteiger partial charge in [-0.25, -0.2) is 0 Å². The van der Waals surface area contributed by atoms with E-state index in [1.807, 2.05) is 0 Å². The first-order valence-corrected chi connectivity index (χ1v) is 7.07. The van der Waals surface area contributed by atoms with Gasteiger partial charge in [-0.3, -0.25) is 0 Å². The van der Waals surface area contributed by atoms with Gasteiger partial charge >= 0.3 is 0 Å². The second kappa shape index (κ2) is 3.72. The van der Waals surface area contributed by atoms with E-state index in [9.17, 15) is 0 Å². The van der Waals surface area contributed by atoms with Gasteiger partial charge < -0.3 is 0 Å². The summed E-state index contributed by atoms with van der Waals surface area (Å²) < 4.78 is 0. The molecule has 1 aliphatic rings. The molecule has 0 heteroatoms. The van der Waals surface area contributed by atoms with Gasteiger partial charge in [-0.2, -0.15) is 0 Å². The van der Waals surface area contributed by atoms with Crippen LogP contribution in [0.4, 0.5) is 0 Å². The Kier molecular flexibility index (Phi) is 2.44. The summed E-state index contributed by atoms with van der Waals surface area (Å²) in [6.07, 6.45) is 0. The molecule has 0 amide bonds. The van der Waals surface area contributed by atoms with Crippen molar-refractivity contribution < 1.29 is 0 Å². The molecule has 2 aromatic carbocycles. The van der Waals surface area contributed by atoms with Crippen molar-refractivity contribution in [2.24, 2.45) is 0 Å². The van der Waals surface area contributed by atoms with E-state index < -0.39 is 0 Å². The van der Waals surface area contributed by atoms with Gasteiger partial charge in [0, 0.05) is 10.8 Å². The van der Waals surface area contributed by atoms with Gasteiger partial charge in [0.25, 0.3) is 0 Å². The highest BCUT2D eigenvalue weighted by atomic mass is 14.4. The van der Waals surface area contributed by atoms with Gasteiger partial charge in [0.2, 0.25) is 0 Å². The van der Waals surface area contributed by atoms with Crippen LogP contribution >= 0.6 is 0 Å². The molecule has 0 atom stereocenters. The molecule has 0 saturated heterocycles. The van der Waals surface area contributed by atoms with Crippen molar-refractivity contribution in [2.75, 3.05) is 0 Å². The van der Waals surface area contributed by atoms with Crippen molar-refractivity contribution in [3.8, 4) is 0 Å². The zero-order chi connectivity index (χ0) is 13.8. The van der Waals surface area contributed by atoms with Crippen LogP contribution in [0.1, 0.15) is 55.5 Å². The smallest absolute Gasteiger partial charge is 0.0152 e. The van der Waals surface area contributed by atoms with E-state index in [1.54, 1.807) is 0 Å². The molecule has 1 aliphatic carbocycles. The van der Waals surface area contributed by atoms with E-state index in [4.69, 9.17) is 0 Å². The molecule has 2 aromatic rings. The van der Waals surface area contributed by atoms with Gasteiger partial charge in [0.15, 0.2) is 0 Å². The summed E-state index contributed by atoms with van der Waals surface area (Å²) in [6.45, 7) is 11.6. The Bertz CT molecular complexity index is 645. The first-order valence-electron chi connectivity index (χ1n) is 7.07. The van der Waals surface area contributed by atoms with Crippen LogP contribution in [0.5, 0.6) is 0 Å². The molecule has 19 heavy (non-hydrogen) atoms. The van der Waals surface area contributed by atoms with Gasteiger partial charge in [-0.1, -0.05) is 75.7 Å². The standard InChI is InChI=1S/C19H22/c1-13-10-11-16-17(12-13)19(4,5)15-9-7-6-8-14(15)18(16,2)3/h6-12H,1-5H3. The third-order valence-electron chi connectivity index (χ3n) is 4.80. The molecular weight excluding hydrogens is 228 g/mol. The molecule has 0 saturated carbocycles. The lowest BCUT2D eigenvalue weighted by atomic mass is 9.60. The zero-order valence-corrected chi connectivity index (χ0v) is 12.5. The van der Waals surface area contributed by atoms with Crippen LogP contribution in [-0.2, 0) is 10.8 Å². The fraction of sp³-hybridized carbons (Fsp3) is 0.368. The summed E-state index contributed by atoms with van der Waals surface area (Å²) in [5.74, 6) is 0. The third kappa shape index (κ3) is 1.59. The van der Waals surface area contributed by atoms with Crippen LogP contribution in [0.2, 0.25) is 0 Å². The molecule has 0 aliphatic heterocycles. The van der Waals surface area contributed by atoms with Crippen LogP contribution < -0.4 is 0 Å². The largest absolute Gasteiger partial charge is 0.0619 e. The molecule has 0 radical (unpaired) electrons. The van der Waals surface area contributed by atoms with E-state index in [-0.39, 0.29) is 10.8 Å². The van der Waals surface area contributed by atoms with Crippen LogP contribution in [0.15, 0.2) is 42.5 Å². The maximum atomic E-state index is 2.37. The van der Waals surface area contributed by atoms with E-state index in [1.165, 1.54) is 27.8 Å². The Labute approximate surface area is 116 Å². The lowest BCUT2D eigenvalue weighted by Crippen LogP contribution is -2.36. The fourth-order valence-corrected chi connectivity index (χ4v) is 3.58. The van der Waals surface area contributed by atoms with Crippen molar-refractivity contribution in [2.45, 2.75) is 45.4 Å². The molecule has 0 N–H and O–H groups in total. The molecule has 98 valence electrons. The maximum absolute atomic E-state index is 2.37. The lowest BCUT2D eigenvalue weighted by molar-refractivity contribution is 0.520. The highest BCUT2D eigenvalue weighted by Crippen LogP contribution is 2.49. The maximum Gasteiger partial charge on any atom is 0.0152 e. The minimum atomic E-state index is 0.0907. The predicted octanol–water partition coefficient (Wildman–Crippen LogP) is 4.96. The van der Waals surface area contributed by atoms with E-state index in [2.05, 4.69) is 77.1 Å². The molecule has 0 spiro atoms. The first kappa shape index (κ1) is 12.5. The Morgan fingerprint density at radius 3 is 1.68 bits per heavy atom. The van der Waals surface area contributed by atoms with Gasteiger partial charge in [-0.15, -0.1) is 0 Å². The minimum absolute atomic E-state index is 0.0907. The predicted molar refractivity (Wildman–Crippen MR) is 81.9 cm³/mol. The van der Waals surface area contributed by atoms with Crippen molar-refractivity contribution >= 4 is 0 Å². The molecule has 0 unspecified atom stereocenters. The lowest BCUT2D eigenvalue weighted by Gasteiger charge is -2.44. The zero-order valence-electron chi connectivity index (χ0n) is 12.5. The Balaban J connectivity index is 2.40. The van der Waals surface area contributed by atoms with Crippen LogP contribution in [-0.4, -0.2) is 0 Å². The van der Waals surface area contributed by atoms with Crippen molar-refractivity contribution in [3.05, 3.63) is 70.3 Å². The quantitative estimate of drug-likeness (QED) is 0.620. The number of benzene rings is 2. The normalized spacial score (nSPS) is 18.6. The van der Waals surface area contributed by atoms with Crippen LogP contribution in [0.3, 0.4) is 0 Å². The topological polar surface area (TPSA) is 0 Å². The monoisotopic (exact) mass is 250 g/mol. The van der Waals surface area contributed by atoms with E-state index >= 15 is 0 Å². The summed E-state index contributed by atoms with van der Waals surface area (Å²) in [6, 6.07) is 15.8. The molecule has 3 rings (SSSR count). The molecule has 0 bridgehead atoms. The fourth-order valence-electron chi connectivity index (χ4n) is 3.58. The summed E-state index contributed by atoms with van der Waals surface area (Å²) in [5, 5.41) is 0. The van der Waals surface area contributed by atoms with Gasteiger partial charge in [0.1, 0.15) is 0 Å². The number of rotatable bonds is 0. The number of fused-ring (bicyclic) bond motifs is 2. The van der Waals surface area contributed by atoms with Crippen molar-refractivity contribution in [1.29, 1.82) is 0 Å². The highest BCUT2D eigenvalue weighted by Gasteiger charge is 2.40. The minimum Gasteiger partial charge on any atom is -0.0619 e. The number of hydrogen-bond acceptors (Lipinski definition) is 0. The number of hydrogen-bond donors (Lipinski definition) is 0. The van der Waals surface area contributed by atoms with Gasteiger partial charge in [-0.05, 0) is 29.2 Å². The molecule has 0 heterocycles. The summed E-state index contributed by atoms with van der Waals surface area (Å²) in [4.78, 5) is 0. The molecular formula is C19H22. The van der Waals surface area contributed by atoms with E-state index in [0.717, 1.165) is 0 Å². The molecule has 0 nitrogen and oxygen atoms in total. The van der Waals surface area contributed by atoms with Gasteiger partial charge in [0.05, 0.1) is 0 Å². The average molecular weight is 250 g/mol. The highest BCUT2D eigenvalue weighted by molar-refractivity contribution is 5.58. The second-order valence-electron chi connectivity index (χ2n) is 6.84. The summed E-state index contributed by atoms with van der Waals surface area (Å²) in [7, 11) is 0. The van der Waals surface area contributed by atoms with E-state index in [0.29, 0.717) is 0 Å². The third-order valence-corrected chi connectivity index (χ3v) is 4.80. The van der Waals surface area contributed by atoms with Crippen molar-refractivity contribution in [1.82, 2.24) is 0 Å². The summed E-state index contributed by atoms with van der Waals surface area (Å²) >= 11 is 0. The van der Waals surface area contributed by atoms with Crippen LogP contribution in [0.25, 0.3) is 0 Å². The second-order valence-corrected chi connectivity index (χ2v) is 6.84. The number of aryl methyl sites for hydroxylation is 1. The average Bonchev–Trinajstić information content (AvgIpc) is 2.37. The first-order chi connectivity index (χ1) is 8.85. The Hall–Kier alpha value is -1.56. The van der Waals surface area contributed by atoms with Crippen molar-refractivity contribution in [3.63, 3.8) is 0 Å². The molecule has 0 fully saturated rings. The molecule has 0 aromatic heterocycles.